The Hall–Kier alpha value is -3.82. The Bertz CT molecular complexity index is 1110. The van der Waals surface area contributed by atoms with Gasteiger partial charge in [0.15, 0.2) is 11.5 Å². The number of rotatable bonds is 3. The highest BCUT2D eigenvalue weighted by molar-refractivity contribution is 5.83. The molecule has 0 saturated carbocycles. The summed E-state index contributed by atoms with van der Waals surface area (Å²) >= 11 is 0. The molecule has 3 aromatic rings. The fraction of sp³-hybridized carbons (Fsp3) is 0.120. The van der Waals surface area contributed by atoms with Gasteiger partial charge in [-0.2, -0.15) is 0 Å². The van der Waals surface area contributed by atoms with Crippen molar-refractivity contribution in [1.29, 1.82) is 0 Å². The second-order valence-electron chi connectivity index (χ2n) is 5.85. The molecule has 0 unspecified atom stereocenters. The minimum Gasteiger partial charge on any atom is -0.493 e. The molecule has 0 heterocycles. The molecule has 0 fully saturated rings. The third kappa shape index (κ3) is 4.47. The lowest BCUT2D eigenvalue weighted by molar-refractivity contribution is 0.324. The van der Waals surface area contributed by atoms with Crippen LogP contribution in [0.4, 0.5) is 0 Å². The van der Waals surface area contributed by atoms with Crippen LogP contribution in [-0.2, 0) is 0 Å². The van der Waals surface area contributed by atoms with Gasteiger partial charge >= 0.3 is 0 Å². The van der Waals surface area contributed by atoms with Crippen molar-refractivity contribution in [1.82, 2.24) is 0 Å². The average molecular weight is 368 g/mol. The summed E-state index contributed by atoms with van der Waals surface area (Å²) in [4.78, 5) is 0. The fourth-order valence-corrected chi connectivity index (χ4v) is 2.75. The molecule has 3 aromatic carbocycles. The lowest BCUT2D eigenvalue weighted by Gasteiger charge is -2.12. The van der Waals surface area contributed by atoms with E-state index >= 15 is 0 Å². The fourth-order valence-electron chi connectivity index (χ4n) is 2.75. The quantitative estimate of drug-likeness (QED) is 0.620. The van der Waals surface area contributed by atoms with E-state index < -0.39 is 0 Å². The van der Waals surface area contributed by atoms with Gasteiger partial charge in [-0.25, -0.2) is 0 Å². The molecule has 0 bridgehead atoms. The first-order chi connectivity index (χ1) is 13.7. The van der Waals surface area contributed by atoms with Gasteiger partial charge in [0.2, 0.25) is 5.75 Å². The van der Waals surface area contributed by atoms with Crippen LogP contribution in [-0.4, -0.2) is 21.3 Å². The number of allylic oxidation sites excluding steroid dienone is 2. The summed E-state index contributed by atoms with van der Waals surface area (Å²) in [5.41, 5.74) is 1.74. The smallest absolute Gasteiger partial charge is 0.203 e. The van der Waals surface area contributed by atoms with Crippen LogP contribution in [0.3, 0.4) is 0 Å². The van der Waals surface area contributed by atoms with E-state index in [9.17, 15) is 0 Å². The zero-order valence-corrected chi connectivity index (χ0v) is 16.1. The van der Waals surface area contributed by atoms with E-state index in [-0.39, 0.29) is 0 Å². The van der Waals surface area contributed by atoms with Crippen LogP contribution in [0.25, 0.3) is 10.8 Å². The molecular weight excluding hydrogens is 348 g/mol. The van der Waals surface area contributed by atoms with Gasteiger partial charge in [-0.1, -0.05) is 54.0 Å². The number of ether oxygens (including phenoxy) is 3. The summed E-state index contributed by atoms with van der Waals surface area (Å²) in [5.74, 6) is 13.9. The maximum absolute atomic E-state index is 5.33. The molecule has 3 nitrogen and oxygen atoms in total. The van der Waals surface area contributed by atoms with Crippen molar-refractivity contribution in [2.75, 3.05) is 21.3 Å². The maximum Gasteiger partial charge on any atom is 0.203 e. The summed E-state index contributed by atoms with van der Waals surface area (Å²) in [7, 11) is 4.73. The molecule has 28 heavy (non-hydrogen) atoms. The van der Waals surface area contributed by atoms with Gasteiger partial charge in [0.05, 0.1) is 21.3 Å². The molecule has 0 aliphatic rings. The summed E-state index contributed by atoms with van der Waals surface area (Å²) in [6.45, 7) is 0. The molecule has 0 spiro atoms. The Morgan fingerprint density at radius 3 is 1.86 bits per heavy atom. The SMILES string of the molecule is COc1cc(C#C/C=C\C#Cc2ccc3ccccc3c2)cc(OC)c1OC. The molecule has 138 valence electrons. The largest absolute Gasteiger partial charge is 0.493 e. The van der Waals surface area contributed by atoms with Crippen LogP contribution in [0.5, 0.6) is 17.2 Å². The molecular formula is C25H20O3. The van der Waals surface area contributed by atoms with Crippen molar-refractivity contribution < 1.29 is 14.2 Å². The van der Waals surface area contributed by atoms with Crippen molar-refractivity contribution in [3.05, 3.63) is 77.9 Å². The predicted octanol–water partition coefficient (Wildman–Crippen LogP) is 4.83. The summed E-state index contributed by atoms with van der Waals surface area (Å²) in [6, 6.07) is 18.0. The normalized spacial score (nSPS) is 9.96. The van der Waals surface area contributed by atoms with E-state index in [2.05, 4.69) is 47.9 Å². The van der Waals surface area contributed by atoms with Gasteiger partial charge in [0.25, 0.3) is 0 Å². The van der Waals surface area contributed by atoms with E-state index in [1.807, 2.05) is 30.3 Å². The lowest BCUT2D eigenvalue weighted by atomic mass is 10.1. The molecule has 3 heteroatoms. The molecule has 3 rings (SSSR count). The molecule has 0 radical (unpaired) electrons. The Kier molecular flexibility index (Phi) is 6.24. The molecule has 0 aliphatic heterocycles. The minimum absolute atomic E-state index is 0.548. The van der Waals surface area contributed by atoms with Crippen LogP contribution < -0.4 is 14.2 Å². The topological polar surface area (TPSA) is 27.7 Å². The lowest BCUT2D eigenvalue weighted by Crippen LogP contribution is -1.95. The first-order valence-corrected chi connectivity index (χ1v) is 8.72. The van der Waals surface area contributed by atoms with Gasteiger partial charge in [0.1, 0.15) is 0 Å². The minimum atomic E-state index is 0.548. The third-order valence-electron chi connectivity index (χ3n) is 4.10. The first kappa shape index (κ1) is 19.0. The number of hydrogen-bond acceptors (Lipinski definition) is 3. The monoisotopic (exact) mass is 368 g/mol. The van der Waals surface area contributed by atoms with Gasteiger partial charge < -0.3 is 14.2 Å². The molecule has 0 saturated heterocycles. The van der Waals surface area contributed by atoms with Gasteiger partial charge in [-0.15, -0.1) is 0 Å². The molecule has 0 aliphatic carbocycles. The summed E-state index contributed by atoms with van der Waals surface area (Å²) in [6.07, 6.45) is 3.46. The second kappa shape index (κ2) is 9.21. The van der Waals surface area contributed by atoms with E-state index in [4.69, 9.17) is 14.2 Å². The second-order valence-corrected chi connectivity index (χ2v) is 5.85. The first-order valence-electron chi connectivity index (χ1n) is 8.72. The average Bonchev–Trinajstić information content (AvgIpc) is 2.75. The van der Waals surface area contributed by atoms with Crippen molar-refractivity contribution >= 4 is 10.8 Å². The highest BCUT2D eigenvalue weighted by atomic mass is 16.5. The van der Waals surface area contributed by atoms with Crippen molar-refractivity contribution in [3.63, 3.8) is 0 Å². The maximum atomic E-state index is 5.33. The number of fused-ring (bicyclic) bond motifs is 1. The molecule has 0 N–H and O–H groups in total. The van der Waals surface area contributed by atoms with Crippen LogP contribution in [0, 0.1) is 23.7 Å². The Morgan fingerprint density at radius 1 is 0.643 bits per heavy atom. The molecule has 0 amide bonds. The Morgan fingerprint density at radius 2 is 1.25 bits per heavy atom. The van der Waals surface area contributed by atoms with Crippen molar-refractivity contribution in [3.8, 4) is 40.9 Å². The van der Waals surface area contributed by atoms with Gasteiger partial charge in [-0.05, 0) is 47.2 Å². The standard InChI is InChI=1S/C25H20O3/c1-26-23-17-20(18-24(27-2)25(23)28-3)11-7-5-4-6-10-19-14-15-21-12-8-9-13-22(21)16-19/h4-5,8-9,12-18H,1-3H3/b5-4-. The highest BCUT2D eigenvalue weighted by Gasteiger charge is 2.11. The van der Waals surface area contributed by atoms with E-state index in [0.717, 1.165) is 11.1 Å². The number of hydrogen-bond donors (Lipinski definition) is 0. The highest BCUT2D eigenvalue weighted by Crippen LogP contribution is 2.37. The Labute approximate surface area is 165 Å². The van der Waals surface area contributed by atoms with E-state index in [1.54, 1.807) is 33.5 Å². The van der Waals surface area contributed by atoms with Crippen LogP contribution in [0.1, 0.15) is 11.1 Å². The Balaban J connectivity index is 1.74. The summed E-state index contributed by atoms with van der Waals surface area (Å²) in [5, 5.41) is 2.39. The van der Waals surface area contributed by atoms with E-state index in [1.165, 1.54) is 10.8 Å². The van der Waals surface area contributed by atoms with Crippen LogP contribution >= 0.6 is 0 Å². The van der Waals surface area contributed by atoms with Crippen LogP contribution in [0.15, 0.2) is 66.7 Å². The zero-order valence-electron chi connectivity index (χ0n) is 16.1. The number of methoxy groups -OCH3 is 3. The molecule has 0 aromatic heterocycles. The third-order valence-corrected chi connectivity index (χ3v) is 4.10. The number of benzene rings is 3. The van der Waals surface area contributed by atoms with Crippen molar-refractivity contribution in [2.24, 2.45) is 0 Å². The van der Waals surface area contributed by atoms with Gasteiger partial charge in [-0.3, -0.25) is 0 Å². The van der Waals surface area contributed by atoms with Gasteiger partial charge in [0, 0.05) is 11.1 Å². The summed E-state index contributed by atoms with van der Waals surface area (Å²) < 4.78 is 16.0. The van der Waals surface area contributed by atoms with E-state index in [0.29, 0.717) is 17.2 Å². The molecule has 0 atom stereocenters. The van der Waals surface area contributed by atoms with Crippen LogP contribution in [0.2, 0.25) is 0 Å². The zero-order chi connectivity index (χ0) is 19.8. The predicted molar refractivity (Wildman–Crippen MR) is 113 cm³/mol. The van der Waals surface area contributed by atoms with Crippen molar-refractivity contribution in [2.45, 2.75) is 0 Å².